The molecule has 2 nitrogen and oxygen atoms in total. The molecule has 96 valence electrons. The van der Waals surface area contributed by atoms with Crippen LogP contribution in [0.3, 0.4) is 0 Å². The van der Waals surface area contributed by atoms with Crippen molar-refractivity contribution in [1.82, 2.24) is 0 Å². The van der Waals surface area contributed by atoms with Gasteiger partial charge in [0.1, 0.15) is 17.5 Å². The van der Waals surface area contributed by atoms with Crippen LogP contribution in [0.4, 0.5) is 0 Å². The monoisotopic (exact) mass is 236 g/mol. The van der Waals surface area contributed by atoms with Crippen LogP contribution in [-0.4, -0.2) is 16.8 Å². The number of hydrogen-bond acceptors (Lipinski definition) is 2. The van der Waals surface area contributed by atoms with Gasteiger partial charge in [-0.05, 0) is 29.4 Å². The highest BCUT2D eigenvalue weighted by molar-refractivity contribution is 5.49. The zero-order chi connectivity index (χ0) is 13.2. The molecule has 0 bridgehead atoms. The van der Waals surface area contributed by atoms with E-state index in [1.807, 2.05) is 0 Å². The van der Waals surface area contributed by atoms with Gasteiger partial charge in [0.25, 0.3) is 0 Å². The average Bonchev–Trinajstić information content (AvgIpc) is 2.71. The van der Waals surface area contributed by atoms with Crippen LogP contribution in [0.25, 0.3) is 0 Å². The molecule has 0 aromatic rings. The molecule has 1 saturated heterocycles. The third-order valence-electron chi connectivity index (χ3n) is 3.65. The highest BCUT2D eigenvalue weighted by atomic mass is 16.6. The Labute approximate surface area is 104 Å². The second-order valence-electron chi connectivity index (χ2n) is 7.50. The number of epoxide rings is 1. The molecule has 1 aliphatic carbocycles. The van der Waals surface area contributed by atoms with Crippen LogP contribution in [0.2, 0.25) is 0 Å². The minimum absolute atomic E-state index is 0.0550. The maximum absolute atomic E-state index is 10.5. The predicted octanol–water partition coefficient (Wildman–Crippen LogP) is 3.99. The number of allylic oxidation sites excluding steroid dienone is 1. The van der Waals surface area contributed by atoms with E-state index < -0.39 is 0 Å². The normalized spacial score (nSPS) is 33.4. The number of fused-ring (bicyclic) bond motifs is 1. The van der Waals surface area contributed by atoms with Crippen molar-refractivity contribution in [2.75, 3.05) is 0 Å². The summed E-state index contributed by atoms with van der Waals surface area (Å²) in [6, 6.07) is 0. The minimum atomic E-state index is -0.197. The Balaban J connectivity index is 2.56. The zero-order valence-corrected chi connectivity index (χ0v) is 12.0. The summed E-state index contributed by atoms with van der Waals surface area (Å²) in [5.74, 6) is 0.449. The van der Waals surface area contributed by atoms with E-state index in [2.05, 4.69) is 54.5 Å². The third kappa shape index (κ3) is 1.93. The van der Waals surface area contributed by atoms with Gasteiger partial charge in [-0.15, -0.1) is 0 Å². The first-order valence-electron chi connectivity index (χ1n) is 6.32. The predicted molar refractivity (Wildman–Crippen MR) is 69.9 cm³/mol. The Kier molecular flexibility index (Phi) is 2.36. The van der Waals surface area contributed by atoms with Gasteiger partial charge >= 0.3 is 0 Å². The molecule has 1 aliphatic heterocycles. The van der Waals surface area contributed by atoms with Gasteiger partial charge in [-0.25, -0.2) is 0 Å². The Hall–Kier alpha value is -0.760. The molecular weight excluding hydrogens is 212 g/mol. The molecule has 2 unspecified atom stereocenters. The fourth-order valence-electron chi connectivity index (χ4n) is 2.62. The van der Waals surface area contributed by atoms with Crippen molar-refractivity contribution in [3.63, 3.8) is 0 Å². The molecule has 1 N–H and O–H groups in total. The van der Waals surface area contributed by atoms with Gasteiger partial charge in [0, 0.05) is 5.57 Å². The fraction of sp³-hybridized carbons (Fsp3) is 0.733. The van der Waals surface area contributed by atoms with Gasteiger partial charge in [-0.1, -0.05) is 41.5 Å². The highest BCUT2D eigenvalue weighted by Crippen LogP contribution is 2.55. The van der Waals surface area contributed by atoms with Gasteiger partial charge in [0.2, 0.25) is 0 Å². The van der Waals surface area contributed by atoms with Crippen molar-refractivity contribution in [3.05, 3.63) is 23.0 Å². The van der Waals surface area contributed by atoms with Gasteiger partial charge in [-0.3, -0.25) is 0 Å². The first-order chi connectivity index (χ1) is 7.47. The summed E-state index contributed by atoms with van der Waals surface area (Å²) >= 11 is 0. The molecule has 0 aromatic heterocycles. The lowest BCUT2D eigenvalue weighted by Crippen LogP contribution is -2.28. The largest absolute Gasteiger partial charge is 0.508 e. The third-order valence-corrected chi connectivity index (χ3v) is 3.65. The molecule has 2 rings (SSSR count). The lowest BCUT2D eigenvalue weighted by atomic mass is 9.72. The second-order valence-corrected chi connectivity index (χ2v) is 7.50. The van der Waals surface area contributed by atoms with Crippen molar-refractivity contribution >= 4 is 0 Å². The number of rotatable bonds is 0. The van der Waals surface area contributed by atoms with E-state index in [4.69, 9.17) is 4.74 Å². The van der Waals surface area contributed by atoms with Crippen LogP contribution >= 0.6 is 0 Å². The molecule has 0 saturated carbocycles. The number of aliphatic hydroxyl groups is 1. The summed E-state index contributed by atoms with van der Waals surface area (Å²) in [6.45, 7) is 14.9. The first kappa shape index (κ1) is 12.7. The Morgan fingerprint density at radius 3 is 2.06 bits per heavy atom. The van der Waals surface area contributed by atoms with E-state index in [0.29, 0.717) is 5.76 Å². The van der Waals surface area contributed by atoms with Gasteiger partial charge in [0.15, 0.2) is 0 Å². The molecule has 2 heteroatoms. The maximum atomic E-state index is 10.5. The highest BCUT2D eigenvalue weighted by Gasteiger charge is 2.59. The summed E-state index contributed by atoms with van der Waals surface area (Å²) in [5, 5.41) is 10.5. The molecule has 1 fully saturated rings. The molecule has 0 amide bonds. The average molecular weight is 236 g/mol. The summed E-state index contributed by atoms with van der Waals surface area (Å²) in [4.78, 5) is 0. The van der Waals surface area contributed by atoms with Crippen molar-refractivity contribution in [2.45, 2.75) is 60.2 Å². The summed E-state index contributed by atoms with van der Waals surface area (Å²) in [5.41, 5.74) is 1.75. The van der Waals surface area contributed by atoms with Crippen LogP contribution in [0, 0.1) is 10.8 Å². The van der Waals surface area contributed by atoms with E-state index in [1.165, 1.54) is 0 Å². The number of hydrogen-bond donors (Lipinski definition) is 1. The summed E-state index contributed by atoms with van der Waals surface area (Å²) in [7, 11) is 0. The zero-order valence-electron chi connectivity index (χ0n) is 12.0. The van der Waals surface area contributed by atoms with Crippen molar-refractivity contribution < 1.29 is 9.84 Å². The number of aliphatic hydroxyl groups excluding tert-OH is 1. The molecule has 0 radical (unpaired) electrons. The van der Waals surface area contributed by atoms with E-state index in [0.717, 1.165) is 11.1 Å². The molecular formula is C15H24O2. The smallest absolute Gasteiger partial charge is 0.121 e. The topological polar surface area (TPSA) is 32.8 Å². The summed E-state index contributed by atoms with van der Waals surface area (Å²) < 4.78 is 5.81. The van der Waals surface area contributed by atoms with E-state index >= 15 is 0 Å². The Morgan fingerprint density at radius 2 is 1.65 bits per heavy atom. The van der Waals surface area contributed by atoms with E-state index in [9.17, 15) is 5.11 Å². The quantitative estimate of drug-likeness (QED) is 0.645. The molecule has 2 aliphatic rings. The lowest BCUT2D eigenvalue weighted by Gasteiger charge is -2.32. The van der Waals surface area contributed by atoms with Crippen LogP contribution in [0.15, 0.2) is 23.0 Å². The van der Waals surface area contributed by atoms with Crippen molar-refractivity contribution in [1.29, 1.82) is 0 Å². The van der Waals surface area contributed by atoms with Crippen molar-refractivity contribution in [3.8, 4) is 0 Å². The first-order valence-corrected chi connectivity index (χ1v) is 6.32. The molecule has 1 heterocycles. The molecule has 17 heavy (non-hydrogen) atoms. The molecule has 2 atom stereocenters. The standard InChI is InChI=1S/C15H24O2/c1-13(2,3)9-8-15(7)12(17-15)10(11(9)16)14(4,5)6/h8,12,16H,1-7H3. The van der Waals surface area contributed by atoms with E-state index in [-0.39, 0.29) is 22.5 Å². The fourth-order valence-corrected chi connectivity index (χ4v) is 2.62. The summed E-state index contributed by atoms with van der Waals surface area (Å²) in [6.07, 6.45) is 2.16. The van der Waals surface area contributed by atoms with Gasteiger partial charge in [0.05, 0.1) is 0 Å². The SMILES string of the molecule is CC(C)(C)C1=CC2(C)OC2C(C(C)(C)C)=C1O. The molecule has 0 aromatic carbocycles. The molecule has 0 spiro atoms. The van der Waals surface area contributed by atoms with Crippen LogP contribution in [-0.2, 0) is 4.74 Å². The van der Waals surface area contributed by atoms with Gasteiger partial charge in [-0.2, -0.15) is 0 Å². The van der Waals surface area contributed by atoms with Crippen LogP contribution in [0.5, 0.6) is 0 Å². The second kappa shape index (κ2) is 3.17. The van der Waals surface area contributed by atoms with Crippen molar-refractivity contribution in [2.24, 2.45) is 10.8 Å². The number of ether oxygens (including phenoxy) is 1. The minimum Gasteiger partial charge on any atom is -0.508 e. The lowest BCUT2D eigenvalue weighted by molar-refractivity contribution is 0.324. The van der Waals surface area contributed by atoms with Crippen LogP contribution in [0.1, 0.15) is 48.5 Å². The van der Waals surface area contributed by atoms with Gasteiger partial charge < -0.3 is 9.84 Å². The Bertz CT molecular complexity index is 415. The van der Waals surface area contributed by atoms with Crippen LogP contribution < -0.4 is 0 Å². The van der Waals surface area contributed by atoms with E-state index in [1.54, 1.807) is 0 Å². The maximum Gasteiger partial charge on any atom is 0.121 e. The Morgan fingerprint density at radius 1 is 1.12 bits per heavy atom.